The highest BCUT2D eigenvalue weighted by Crippen LogP contribution is 2.33. The molecule has 0 saturated carbocycles. The van der Waals surface area contributed by atoms with E-state index >= 15 is 0 Å². The van der Waals surface area contributed by atoms with Crippen LogP contribution in [0, 0.1) is 11.3 Å². The number of carbonyl (C=O) groups is 2. The van der Waals surface area contributed by atoms with Gasteiger partial charge in [0.25, 0.3) is 5.91 Å². The molecule has 2 amide bonds. The Morgan fingerprint density at radius 2 is 1.93 bits per heavy atom. The normalized spacial score (nSPS) is 13.8. The van der Waals surface area contributed by atoms with Gasteiger partial charge in [-0.3, -0.25) is 9.59 Å². The summed E-state index contributed by atoms with van der Waals surface area (Å²) in [6.07, 6.45) is 3.76. The van der Waals surface area contributed by atoms with Gasteiger partial charge in [0.05, 0.1) is 5.69 Å². The number of hydrogen-bond acceptors (Lipinski definition) is 5. The van der Waals surface area contributed by atoms with Gasteiger partial charge in [-0.1, -0.05) is 42.1 Å². The summed E-state index contributed by atoms with van der Waals surface area (Å²) in [4.78, 5) is 28.0. The molecule has 0 spiro atoms. The maximum Gasteiger partial charge on any atom is 0.267 e. The Bertz CT molecular complexity index is 953. The van der Waals surface area contributed by atoms with Crippen molar-refractivity contribution in [3.8, 4) is 6.07 Å². The largest absolute Gasteiger partial charge is 0.390 e. The lowest BCUT2D eigenvalue weighted by Gasteiger charge is -2.15. The average molecular weight is 421 g/mol. The van der Waals surface area contributed by atoms with Gasteiger partial charge in [-0.2, -0.15) is 5.26 Å². The predicted molar refractivity (Wildman–Crippen MR) is 118 cm³/mol. The number of carbonyl (C=O) groups excluding carboxylic acids is 2. The molecule has 2 aromatic carbocycles. The van der Waals surface area contributed by atoms with E-state index in [2.05, 4.69) is 10.6 Å². The molecule has 2 N–H and O–H groups in total. The number of anilines is 1. The molecule has 1 heterocycles. The molecular weight excluding hydrogens is 396 g/mol. The Morgan fingerprint density at radius 3 is 2.67 bits per heavy atom. The highest BCUT2D eigenvalue weighted by Gasteiger charge is 2.19. The van der Waals surface area contributed by atoms with Crippen molar-refractivity contribution in [2.45, 2.75) is 29.1 Å². The van der Waals surface area contributed by atoms with Crippen molar-refractivity contribution in [1.82, 2.24) is 10.2 Å². The number of likely N-dealkylation sites (tertiary alicyclic amines) is 1. The molecule has 1 aliphatic heterocycles. The highest BCUT2D eigenvalue weighted by atomic mass is 32.2. The van der Waals surface area contributed by atoms with Crippen molar-refractivity contribution < 1.29 is 9.59 Å². The first-order valence-electron chi connectivity index (χ1n) is 9.92. The third-order valence-corrected chi connectivity index (χ3v) is 5.72. The molecule has 0 aliphatic carbocycles. The monoisotopic (exact) mass is 420 g/mol. The van der Waals surface area contributed by atoms with Crippen LogP contribution in [0.3, 0.4) is 0 Å². The fraction of sp³-hybridized carbons (Fsp3) is 0.261. The van der Waals surface area contributed by atoms with Crippen LogP contribution in [-0.2, 0) is 9.59 Å². The van der Waals surface area contributed by atoms with Crippen molar-refractivity contribution in [3.05, 3.63) is 66.4 Å². The third kappa shape index (κ3) is 6.13. The second-order valence-electron chi connectivity index (χ2n) is 6.83. The fourth-order valence-corrected chi connectivity index (χ4v) is 4.02. The number of hydrogen-bond donors (Lipinski definition) is 2. The third-order valence-electron chi connectivity index (χ3n) is 4.64. The number of para-hydroxylation sites is 1. The first-order valence-corrected chi connectivity index (χ1v) is 10.7. The van der Waals surface area contributed by atoms with Crippen LogP contribution in [0.1, 0.15) is 19.3 Å². The maximum atomic E-state index is 12.6. The quantitative estimate of drug-likeness (QED) is 0.366. The summed E-state index contributed by atoms with van der Waals surface area (Å²) in [7, 11) is 0. The van der Waals surface area contributed by atoms with Gasteiger partial charge in [0.2, 0.25) is 5.91 Å². The summed E-state index contributed by atoms with van der Waals surface area (Å²) in [5, 5.41) is 15.2. The minimum absolute atomic E-state index is 0.00626. The van der Waals surface area contributed by atoms with Crippen molar-refractivity contribution in [2.24, 2.45) is 0 Å². The molecule has 3 rings (SSSR count). The fourth-order valence-electron chi connectivity index (χ4n) is 3.10. The van der Waals surface area contributed by atoms with Crippen LogP contribution in [0.5, 0.6) is 0 Å². The Morgan fingerprint density at radius 1 is 1.17 bits per heavy atom. The number of benzene rings is 2. The summed E-state index contributed by atoms with van der Waals surface area (Å²) in [6.45, 7) is 2.10. The van der Waals surface area contributed by atoms with Gasteiger partial charge in [0.1, 0.15) is 11.6 Å². The Hall–Kier alpha value is -3.24. The lowest BCUT2D eigenvalue weighted by atomic mass is 10.2. The molecule has 1 saturated heterocycles. The number of nitrogens with one attached hydrogen (secondary N) is 2. The predicted octanol–water partition coefficient (Wildman–Crippen LogP) is 3.79. The summed E-state index contributed by atoms with van der Waals surface area (Å²) in [6, 6.07) is 19.3. The van der Waals surface area contributed by atoms with Crippen LogP contribution >= 0.6 is 11.8 Å². The molecular formula is C23H24N4O2S. The van der Waals surface area contributed by atoms with Gasteiger partial charge in [0.15, 0.2) is 0 Å². The molecule has 6 nitrogen and oxygen atoms in total. The Balaban J connectivity index is 1.54. The first kappa shape index (κ1) is 21.5. The summed E-state index contributed by atoms with van der Waals surface area (Å²) in [5.74, 6) is -0.254. The van der Waals surface area contributed by atoms with Crippen LogP contribution in [0.4, 0.5) is 5.69 Å². The summed E-state index contributed by atoms with van der Waals surface area (Å²) >= 11 is 1.55. The minimum atomic E-state index is -0.458. The van der Waals surface area contributed by atoms with E-state index in [1.54, 1.807) is 11.8 Å². The molecule has 0 aromatic heterocycles. The van der Waals surface area contributed by atoms with E-state index in [1.807, 2.05) is 65.6 Å². The first-order chi connectivity index (χ1) is 14.7. The zero-order valence-electron chi connectivity index (χ0n) is 16.6. The van der Waals surface area contributed by atoms with Gasteiger partial charge in [-0.25, -0.2) is 0 Å². The lowest BCUT2D eigenvalue weighted by Crippen LogP contribution is -2.27. The summed E-state index contributed by atoms with van der Waals surface area (Å²) in [5.41, 5.74) is 0.664. The number of amides is 2. The number of nitriles is 1. The van der Waals surface area contributed by atoms with E-state index in [1.165, 1.54) is 6.20 Å². The van der Waals surface area contributed by atoms with E-state index in [0.29, 0.717) is 25.2 Å². The molecule has 154 valence electrons. The smallest absolute Gasteiger partial charge is 0.267 e. The van der Waals surface area contributed by atoms with Crippen molar-refractivity contribution in [3.63, 3.8) is 0 Å². The van der Waals surface area contributed by atoms with Crippen LogP contribution in [0.25, 0.3) is 0 Å². The Kier molecular flexibility index (Phi) is 7.93. The van der Waals surface area contributed by atoms with Crippen LogP contribution in [0.2, 0.25) is 0 Å². The van der Waals surface area contributed by atoms with Gasteiger partial charge in [-0.05, 0) is 37.1 Å². The molecule has 0 bridgehead atoms. The van der Waals surface area contributed by atoms with E-state index in [4.69, 9.17) is 0 Å². The average Bonchev–Trinajstić information content (AvgIpc) is 3.17. The molecule has 2 aromatic rings. The van der Waals surface area contributed by atoms with Crippen LogP contribution < -0.4 is 10.6 Å². The zero-order valence-corrected chi connectivity index (χ0v) is 17.5. The second-order valence-corrected chi connectivity index (χ2v) is 7.94. The highest BCUT2D eigenvalue weighted by molar-refractivity contribution is 7.99. The van der Waals surface area contributed by atoms with Crippen LogP contribution in [0.15, 0.2) is 76.2 Å². The zero-order chi connectivity index (χ0) is 21.2. The minimum Gasteiger partial charge on any atom is -0.390 e. The summed E-state index contributed by atoms with van der Waals surface area (Å²) < 4.78 is 0. The molecule has 7 heteroatoms. The number of nitrogens with zero attached hydrogens (tertiary/aromatic N) is 2. The van der Waals surface area contributed by atoms with E-state index in [9.17, 15) is 14.9 Å². The molecule has 30 heavy (non-hydrogen) atoms. The number of rotatable bonds is 9. The molecule has 1 aliphatic rings. The van der Waals surface area contributed by atoms with Gasteiger partial charge in [0, 0.05) is 42.0 Å². The standard InChI is InChI=1S/C23H24N4O2S/c24-16-18(17-25-13-7-15-27-14-6-12-22(27)28)23(29)26-20-10-4-5-11-21(20)30-19-8-2-1-3-9-19/h1-5,8-11,17,25H,6-7,12-15H2,(H,26,29)/b18-17-. The van der Waals surface area contributed by atoms with E-state index in [-0.39, 0.29) is 11.5 Å². The SMILES string of the molecule is N#C/C(=C/NCCCN1CCCC1=O)C(=O)Nc1ccccc1Sc1ccccc1. The topological polar surface area (TPSA) is 85.2 Å². The molecule has 0 atom stereocenters. The van der Waals surface area contributed by atoms with Crippen molar-refractivity contribution >= 4 is 29.3 Å². The van der Waals surface area contributed by atoms with Gasteiger partial charge < -0.3 is 15.5 Å². The molecule has 1 fully saturated rings. The van der Waals surface area contributed by atoms with Gasteiger partial charge in [-0.15, -0.1) is 0 Å². The van der Waals surface area contributed by atoms with E-state index in [0.717, 1.165) is 29.2 Å². The Labute approximate surface area is 181 Å². The van der Waals surface area contributed by atoms with Crippen molar-refractivity contribution in [1.29, 1.82) is 5.26 Å². The van der Waals surface area contributed by atoms with Crippen LogP contribution in [-0.4, -0.2) is 36.3 Å². The van der Waals surface area contributed by atoms with Gasteiger partial charge >= 0.3 is 0 Å². The molecule has 0 radical (unpaired) electrons. The molecule has 0 unspecified atom stereocenters. The second kappa shape index (κ2) is 11.1. The maximum absolute atomic E-state index is 12.6. The lowest BCUT2D eigenvalue weighted by molar-refractivity contribution is -0.127. The van der Waals surface area contributed by atoms with E-state index < -0.39 is 5.91 Å². The van der Waals surface area contributed by atoms with Crippen molar-refractivity contribution in [2.75, 3.05) is 25.0 Å².